The average molecular weight is 594 g/mol. The molecule has 3 aromatic carbocycles. The van der Waals surface area contributed by atoms with Crippen LogP contribution in [0.4, 0.5) is 4.79 Å². The predicted octanol–water partition coefficient (Wildman–Crippen LogP) is 5.50. The molecule has 0 aliphatic carbocycles. The molecule has 0 heterocycles. The number of hydrogen-bond donors (Lipinski definition) is 3. The summed E-state index contributed by atoms with van der Waals surface area (Å²) in [6, 6.07) is 21.8. The normalized spacial score (nSPS) is 15.0. The van der Waals surface area contributed by atoms with Crippen molar-refractivity contribution < 1.29 is 19.1 Å². The van der Waals surface area contributed by atoms with Gasteiger partial charge >= 0.3 is 6.09 Å². The Morgan fingerprint density at radius 1 is 0.659 bits per heavy atom. The first kappa shape index (κ1) is 35.5. The Labute approximate surface area is 261 Å². The van der Waals surface area contributed by atoms with Crippen molar-refractivity contribution in [2.24, 2.45) is 17.2 Å². The molecule has 3 aromatic rings. The molecule has 230 valence electrons. The van der Waals surface area contributed by atoms with Gasteiger partial charge in [0.15, 0.2) is 22.6 Å². The van der Waals surface area contributed by atoms with E-state index in [1.54, 1.807) is 58.9 Å². The zero-order chi connectivity index (χ0) is 33.5. The molecule has 0 spiro atoms. The fourth-order valence-corrected chi connectivity index (χ4v) is 4.59. The van der Waals surface area contributed by atoms with Gasteiger partial charge in [0.1, 0.15) is 5.60 Å². The van der Waals surface area contributed by atoms with Crippen molar-refractivity contribution in [3.8, 4) is 24.7 Å². The SMILES string of the molecule is C#CC(N)(C(=O)C(C)c1ccc(C)cc1)c1ccc(C(N)(C#C)C(=O)C(C)c2ccc(C)cc2)cc1.CC(C)(C)OC(N)=O. The molecule has 4 atom stereocenters. The molecule has 0 bridgehead atoms. The maximum atomic E-state index is 13.4. The Morgan fingerprint density at radius 3 is 1.16 bits per heavy atom. The van der Waals surface area contributed by atoms with Gasteiger partial charge in [-0.2, -0.15) is 0 Å². The molecule has 1 amide bonds. The number of ether oxygens (including phenoxy) is 1. The fourth-order valence-electron chi connectivity index (χ4n) is 4.59. The standard InChI is InChI=1S/C32H32N2O2.C5H11NO2/c1-7-31(33,29(35)23(5)25-13-9-21(3)10-14-25)27-17-19-28(20-18-27)32(34,8-2)30(36)24(6)26-15-11-22(4)12-16-26;1-5(2,3)8-4(6)7/h1-2,9-20,23-24H,33-34H2,3-6H3;1-3H3,(H2,6,7). The summed E-state index contributed by atoms with van der Waals surface area (Å²) in [6.45, 7) is 12.8. The summed E-state index contributed by atoms with van der Waals surface area (Å²) in [7, 11) is 0. The van der Waals surface area contributed by atoms with Crippen LogP contribution in [0.25, 0.3) is 0 Å². The highest BCUT2D eigenvalue weighted by atomic mass is 16.6. The van der Waals surface area contributed by atoms with Gasteiger partial charge in [-0.05, 0) is 56.9 Å². The summed E-state index contributed by atoms with van der Waals surface area (Å²) in [4.78, 5) is 36.9. The van der Waals surface area contributed by atoms with Crippen LogP contribution in [0.3, 0.4) is 0 Å². The first-order valence-corrected chi connectivity index (χ1v) is 14.2. The fraction of sp³-hybridized carbons (Fsp3) is 0.324. The largest absolute Gasteiger partial charge is 0.444 e. The summed E-state index contributed by atoms with van der Waals surface area (Å²) < 4.78 is 4.58. The number of amides is 1. The molecule has 7 nitrogen and oxygen atoms in total. The van der Waals surface area contributed by atoms with Crippen LogP contribution >= 0.6 is 0 Å². The van der Waals surface area contributed by atoms with Crippen molar-refractivity contribution in [3.05, 3.63) is 106 Å². The van der Waals surface area contributed by atoms with Gasteiger partial charge < -0.3 is 21.9 Å². The van der Waals surface area contributed by atoms with Crippen LogP contribution in [-0.4, -0.2) is 23.3 Å². The van der Waals surface area contributed by atoms with Crippen molar-refractivity contribution in [1.82, 2.24) is 0 Å². The molecule has 3 rings (SSSR count). The van der Waals surface area contributed by atoms with E-state index in [2.05, 4.69) is 16.6 Å². The number of primary amides is 1. The molecule has 0 saturated carbocycles. The van der Waals surface area contributed by atoms with Crippen molar-refractivity contribution in [3.63, 3.8) is 0 Å². The minimum Gasteiger partial charge on any atom is -0.444 e. The van der Waals surface area contributed by atoms with Gasteiger partial charge in [0.2, 0.25) is 0 Å². The Hall–Kier alpha value is -4.69. The maximum absolute atomic E-state index is 13.4. The number of Topliss-reactive ketones (excluding diaryl/α,β-unsaturated/α-hetero) is 2. The number of benzene rings is 3. The predicted molar refractivity (Wildman–Crippen MR) is 175 cm³/mol. The van der Waals surface area contributed by atoms with Crippen molar-refractivity contribution in [1.29, 1.82) is 0 Å². The molecule has 4 unspecified atom stereocenters. The van der Waals surface area contributed by atoms with E-state index < -0.39 is 34.6 Å². The Balaban J connectivity index is 0.000000742. The Kier molecular flexibility index (Phi) is 11.4. The van der Waals surface area contributed by atoms with Gasteiger partial charge in [-0.1, -0.05) is 110 Å². The molecule has 0 aromatic heterocycles. The number of terminal acetylenes is 2. The number of carbonyl (C=O) groups is 3. The topological polar surface area (TPSA) is 138 Å². The lowest BCUT2D eigenvalue weighted by molar-refractivity contribution is -0.124. The molecule has 44 heavy (non-hydrogen) atoms. The van der Waals surface area contributed by atoms with Crippen LogP contribution in [0, 0.1) is 38.5 Å². The lowest BCUT2D eigenvalue weighted by Crippen LogP contribution is -2.47. The summed E-state index contributed by atoms with van der Waals surface area (Å²) in [5.74, 6) is 3.34. The van der Waals surface area contributed by atoms with E-state index in [4.69, 9.17) is 30.0 Å². The van der Waals surface area contributed by atoms with E-state index in [1.165, 1.54) is 0 Å². The maximum Gasteiger partial charge on any atom is 0.405 e. The third kappa shape index (κ3) is 8.45. The number of rotatable bonds is 8. The molecule has 7 heteroatoms. The van der Waals surface area contributed by atoms with Gasteiger partial charge in [0, 0.05) is 11.8 Å². The summed E-state index contributed by atoms with van der Waals surface area (Å²) in [5, 5.41) is 0. The molecule has 0 radical (unpaired) electrons. The highest BCUT2D eigenvalue weighted by molar-refractivity contribution is 5.99. The number of carbonyl (C=O) groups excluding carboxylic acids is 3. The van der Waals surface area contributed by atoms with Crippen LogP contribution in [0.1, 0.15) is 79.8 Å². The van der Waals surface area contributed by atoms with Gasteiger partial charge in [-0.25, -0.2) is 4.79 Å². The second kappa shape index (κ2) is 14.2. The third-order valence-electron chi connectivity index (χ3n) is 7.38. The molecule has 0 saturated heterocycles. The van der Waals surface area contributed by atoms with Crippen molar-refractivity contribution in [2.75, 3.05) is 0 Å². The second-order valence-corrected chi connectivity index (χ2v) is 12.0. The van der Waals surface area contributed by atoms with Crippen LogP contribution in [0.15, 0.2) is 72.8 Å². The van der Waals surface area contributed by atoms with Crippen molar-refractivity contribution in [2.45, 2.75) is 77.0 Å². The zero-order valence-corrected chi connectivity index (χ0v) is 26.6. The molecule has 0 fully saturated rings. The Morgan fingerprint density at radius 2 is 0.955 bits per heavy atom. The average Bonchev–Trinajstić information content (AvgIpc) is 2.98. The van der Waals surface area contributed by atoms with E-state index in [9.17, 15) is 14.4 Å². The number of hydrogen-bond acceptors (Lipinski definition) is 6. The first-order valence-electron chi connectivity index (χ1n) is 14.2. The van der Waals surface area contributed by atoms with E-state index >= 15 is 0 Å². The van der Waals surface area contributed by atoms with Gasteiger partial charge in [0.25, 0.3) is 0 Å². The summed E-state index contributed by atoms with van der Waals surface area (Å²) >= 11 is 0. The quantitative estimate of drug-likeness (QED) is 0.295. The number of nitrogens with two attached hydrogens (primary N) is 3. The third-order valence-corrected chi connectivity index (χ3v) is 7.38. The van der Waals surface area contributed by atoms with E-state index in [0.717, 1.165) is 22.3 Å². The van der Waals surface area contributed by atoms with Crippen LogP contribution < -0.4 is 17.2 Å². The highest BCUT2D eigenvalue weighted by Crippen LogP contribution is 2.32. The molecular formula is C37H43N3O4. The minimum absolute atomic E-state index is 0.304. The van der Waals surface area contributed by atoms with Crippen LogP contribution in [0.5, 0.6) is 0 Å². The number of ketones is 2. The summed E-state index contributed by atoms with van der Waals surface area (Å²) in [5.41, 5.74) is 18.6. The Bertz CT molecular complexity index is 1450. The highest BCUT2D eigenvalue weighted by Gasteiger charge is 2.40. The van der Waals surface area contributed by atoms with Gasteiger partial charge in [-0.3, -0.25) is 9.59 Å². The van der Waals surface area contributed by atoms with Crippen molar-refractivity contribution >= 4 is 17.7 Å². The second-order valence-electron chi connectivity index (χ2n) is 12.0. The van der Waals surface area contributed by atoms with Gasteiger partial charge in [0.05, 0.1) is 0 Å². The molecule has 0 aliphatic heterocycles. The minimum atomic E-state index is -1.66. The molecule has 6 N–H and O–H groups in total. The lowest BCUT2D eigenvalue weighted by Gasteiger charge is -2.29. The zero-order valence-electron chi connectivity index (χ0n) is 26.6. The monoisotopic (exact) mass is 593 g/mol. The molecule has 0 aliphatic rings. The van der Waals surface area contributed by atoms with Gasteiger partial charge in [-0.15, -0.1) is 12.8 Å². The van der Waals surface area contributed by atoms with Crippen LogP contribution in [-0.2, 0) is 25.4 Å². The molecular weight excluding hydrogens is 550 g/mol. The van der Waals surface area contributed by atoms with E-state index in [0.29, 0.717) is 11.1 Å². The van der Waals surface area contributed by atoms with E-state index in [1.807, 2.05) is 62.4 Å². The number of aryl methyl sites for hydroxylation is 2. The van der Waals surface area contributed by atoms with Crippen LogP contribution in [0.2, 0.25) is 0 Å². The smallest absolute Gasteiger partial charge is 0.405 e. The first-order chi connectivity index (χ1) is 20.4. The van der Waals surface area contributed by atoms with E-state index in [-0.39, 0.29) is 11.6 Å². The summed E-state index contributed by atoms with van der Waals surface area (Å²) in [6.07, 6.45) is 10.8. The lowest BCUT2D eigenvalue weighted by atomic mass is 9.76.